The van der Waals surface area contributed by atoms with Crippen LogP contribution in [-0.2, 0) is 11.2 Å². The predicted molar refractivity (Wildman–Crippen MR) is 76.2 cm³/mol. The van der Waals surface area contributed by atoms with Crippen LogP contribution in [0.1, 0.15) is 15.2 Å². The van der Waals surface area contributed by atoms with Crippen LogP contribution < -0.4 is 4.90 Å². The maximum Gasteiger partial charge on any atom is 0.299 e. The zero-order valence-corrected chi connectivity index (χ0v) is 11.5. The van der Waals surface area contributed by atoms with E-state index in [1.807, 2.05) is 17.5 Å². The van der Waals surface area contributed by atoms with Crippen molar-refractivity contribution in [1.82, 2.24) is 0 Å². The molecule has 0 atom stereocenters. The Morgan fingerprint density at radius 2 is 2.05 bits per heavy atom. The number of carbonyl (C=O) groups excluding carboxylic acids is 2. The summed E-state index contributed by atoms with van der Waals surface area (Å²) in [5.41, 5.74) is 1.07. The highest BCUT2D eigenvalue weighted by molar-refractivity contribution is 7.09. The van der Waals surface area contributed by atoms with Crippen LogP contribution in [0.25, 0.3) is 0 Å². The predicted octanol–water partition coefficient (Wildman–Crippen LogP) is 3.17. The van der Waals surface area contributed by atoms with E-state index < -0.39 is 11.7 Å². The van der Waals surface area contributed by atoms with Crippen molar-refractivity contribution >= 4 is 40.3 Å². The summed E-state index contributed by atoms with van der Waals surface area (Å²) >= 11 is 7.58. The molecule has 2 heterocycles. The van der Waals surface area contributed by atoms with Crippen molar-refractivity contribution in [3.8, 4) is 0 Å². The Labute approximate surface area is 119 Å². The summed E-state index contributed by atoms with van der Waals surface area (Å²) in [5, 5.41) is 2.53. The Balaban J connectivity index is 1.88. The van der Waals surface area contributed by atoms with E-state index in [1.54, 1.807) is 29.5 Å². The standard InChI is InChI=1S/C14H10ClNO2S/c15-9-3-4-11-12(8-9)16(14(18)13(11)17)6-5-10-2-1-7-19-10/h1-4,7-8H,5-6H2. The molecule has 1 aromatic heterocycles. The fraction of sp³-hybridized carbons (Fsp3) is 0.143. The number of carbonyl (C=O) groups is 2. The lowest BCUT2D eigenvalue weighted by molar-refractivity contribution is -0.114. The SMILES string of the molecule is O=C1C(=O)N(CCc2cccs2)c2cc(Cl)ccc21. The third kappa shape index (κ3) is 2.17. The Morgan fingerprint density at radius 3 is 2.79 bits per heavy atom. The van der Waals surface area contributed by atoms with E-state index in [0.717, 1.165) is 6.42 Å². The van der Waals surface area contributed by atoms with Crippen molar-refractivity contribution in [3.63, 3.8) is 0 Å². The molecular formula is C14H10ClNO2S. The van der Waals surface area contributed by atoms with Gasteiger partial charge in [-0.05, 0) is 36.1 Å². The van der Waals surface area contributed by atoms with E-state index in [9.17, 15) is 9.59 Å². The lowest BCUT2D eigenvalue weighted by Crippen LogP contribution is -2.31. The maximum absolute atomic E-state index is 12.0. The van der Waals surface area contributed by atoms with Gasteiger partial charge in [-0.1, -0.05) is 17.7 Å². The van der Waals surface area contributed by atoms with Gasteiger partial charge in [-0.3, -0.25) is 9.59 Å². The molecule has 3 rings (SSSR count). The van der Waals surface area contributed by atoms with Gasteiger partial charge in [0.1, 0.15) is 0 Å². The second-order valence-corrected chi connectivity index (χ2v) is 5.75. The van der Waals surface area contributed by atoms with Gasteiger partial charge < -0.3 is 4.90 Å². The minimum absolute atomic E-state index is 0.445. The van der Waals surface area contributed by atoms with Crippen LogP contribution in [0.5, 0.6) is 0 Å². The molecular weight excluding hydrogens is 282 g/mol. The molecule has 0 fully saturated rings. The van der Waals surface area contributed by atoms with Gasteiger partial charge in [-0.25, -0.2) is 0 Å². The van der Waals surface area contributed by atoms with Crippen molar-refractivity contribution < 1.29 is 9.59 Å². The van der Waals surface area contributed by atoms with Gasteiger partial charge >= 0.3 is 0 Å². The number of hydrogen-bond acceptors (Lipinski definition) is 3. The minimum Gasteiger partial charge on any atom is -0.304 e. The summed E-state index contributed by atoms with van der Waals surface area (Å²) in [6.45, 7) is 0.498. The van der Waals surface area contributed by atoms with E-state index in [2.05, 4.69) is 0 Å². The minimum atomic E-state index is -0.464. The molecule has 96 valence electrons. The van der Waals surface area contributed by atoms with Crippen LogP contribution in [0.15, 0.2) is 35.7 Å². The molecule has 2 aromatic rings. The molecule has 5 heteroatoms. The number of nitrogens with zero attached hydrogens (tertiary/aromatic N) is 1. The average Bonchev–Trinajstić information content (AvgIpc) is 2.98. The van der Waals surface area contributed by atoms with Crippen molar-refractivity contribution in [1.29, 1.82) is 0 Å². The summed E-state index contributed by atoms with van der Waals surface area (Å²) in [6, 6.07) is 8.92. The number of amides is 1. The Hall–Kier alpha value is -1.65. The van der Waals surface area contributed by atoms with E-state index in [1.165, 1.54) is 9.78 Å². The molecule has 1 aliphatic heterocycles. The van der Waals surface area contributed by atoms with Crippen molar-refractivity contribution in [2.24, 2.45) is 0 Å². The van der Waals surface area contributed by atoms with Crippen molar-refractivity contribution in [2.75, 3.05) is 11.4 Å². The van der Waals surface area contributed by atoms with E-state index >= 15 is 0 Å². The fourth-order valence-electron chi connectivity index (χ4n) is 2.17. The van der Waals surface area contributed by atoms with Crippen LogP contribution in [0.4, 0.5) is 5.69 Å². The van der Waals surface area contributed by atoms with E-state index in [-0.39, 0.29) is 0 Å². The molecule has 1 aromatic carbocycles. The number of fused-ring (bicyclic) bond motifs is 1. The highest BCUT2D eigenvalue weighted by Gasteiger charge is 2.35. The number of Topliss-reactive ketones (excluding diaryl/α,β-unsaturated/α-hetero) is 1. The van der Waals surface area contributed by atoms with Crippen LogP contribution in [-0.4, -0.2) is 18.2 Å². The van der Waals surface area contributed by atoms with Gasteiger partial charge in [-0.2, -0.15) is 0 Å². The molecule has 0 N–H and O–H groups in total. The number of hydrogen-bond donors (Lipinski definition) is 0. The molecule has 19 heavy (non-hydrogen) atoms. The van der Waals surface area contributed by atoms with Crippen LogP contribution in [0.3, 0.4) is 0 Å². The van der Waals surface area contributed by atoms with E-state index in [0.29, 0.717) is 22.8 Å². The zero-order chi connectivity index (χ0) is 13.4. The zero-order valence-electron chi connectivity index (χ0n) is 9.93. The number of thiophene rings is 1. The molecule has 1 aliphatic rings. The summed E-state index contributed by atoms with van der Waals surface area (Å²) < 4.78 is 0. The first-order valence-corrected chi connectivity index (χ1v) is 7.11. The quantitative estimate of drug-likeness (QED) is 0.815. The highest BCUT2D eigenvalue weighted by Crippen LogP contribution is 2.31. The molecule has 0 unspecified atom stereocenters. The Bertz CT molecular complexity index is 651. The van der Waals surface area contributed by atoms with Crippen LogP contribution >= 0.6 is 22.9 Å². The number of halogens is 1. The summed E-state index contributed by atoms with van der Waals surface area (Å²) in [6.07, 6.45) is 0.739. The van der Waals surface area contributed by atoms with Gasteiger partial charge in [0.25, 0.3) is 11.7 Å². The first-order chi connectivity index (χ1) is 9.16. The van der Waals surface area contributed by atoms with Gasteiger partial charge in [0.15, 0.2) is 0 Å². The molecule has 0 bridgehead atoms. The topological polar surface area (TPSA) is 37.4 Å². The van der Waals surface area contributed by atoms with Crippen molar-refractivity contribution in [2.45, 2.75) is 6.42 Å². The second-order valence-electron chi connectivity index (χ2n) is 4.28. The molecule has 3 nitrogen and oxygen atoms in total. The van der Waals surface area contributed by atoms with Crippen molar-refractivity contribution in [3.05, 3.63) is 51.2 Å². The lowest BCUT2D eigenvalue weighted by Gasteiger charge is -2.15. The molecule has 1 amide bonds. The van der Waals surface area contributed by atoms with Crippen LogP contribution in [0.2, 0.25) is 5.02 Å². The van der Waals surface area contributed by atoms with Gasteiger partial charge in [0, 0.05) is 16.4 Å². The smallest absolute Gasteiger partial charge is 0.299 e. The van der Waals surface area contributed by atoms with Gasteiger partial charge in [0.2, 0.25) is 0 Å². The number of ketones is 1. The first kappa shape index (κ1) is 12.4. The Morgan fingerprint density at radius 1 is 1.21 bits per heavy atom. The third-order valence-electron chi connectivity index (χ3n) is 3.10. The lowest BCUT2D eigenvalue weighted by atomic mass is 10.1. The number of rotatable bonds is 3. The normalized spacial score (nSPS) is 14.1. The van der Waals surface area contributed by atoms with Gasteiger partial charge in [0.05, 0.1) is 11.3 Å². The fourth-order valence-corrected chi connectivity index (χ4v) is 3.03. The first-order valence-electron chi connectivity index (χ1n) is 5.85. The van der Waals surface area contributed by atoms with Crippen LogP contribution in [0, 0.1) is 0 Å². The molecule has 0 spiro atoms. The summed E-state index contributed by atoms with van der Waals surface area (Å²) in [4.78, 5) is 26.5. The molecule has 0 aliphatic carbocycles. The number of benzene rings is 1. The Kier molecular flexibility index (Phi) is 3.12. The largest absolute Gasteiger partial charge is 0.304 e. The van der Waals surface area contributed by atoms with Gasteiger partial charge in [-0.15, -0.1) is 11.3 Å². The average molecular weight is 292 g/mol. The second kappa shape index (κ2) is 4.79. The van der Waals surface area contributed by atoms with E-state index in [4.69, 9.17) is 11.6 Å². The summed E-state index contributed by atoms with van der Waals surface area (Å²) in [5.74, 6) is -0.910. The molecule has 0 saturated heterocycles. The number of anilines is 1. The monoisotopic (exact) mass is 291 g/mol. The maximum atomic E-state index is 12.0. The molecule has 0 saturated carbocycles. The molecule has 0 radical (unpaired) electrons. The highest BCUT2D eigenvalue weighted by atomic mass is 35.5. The third-order valence-corrected chi connectivity index (χ3v) is 4.27. The summed E-state index contributed by atoms with van der Waals surface area (Å²) in [7, 11) is 0.